The molecule has 166 valence electrons. The number of aromatic nitrogens is 1. The van der Waals surface area contributed by atoms with Gasteiger partial charge in [-0.15, -0.1) is 0 Å². The first kappa shape index (κ1) is 21.2. The van der Waals surface area contributed by atoms with Crippen molar-refractivity contribution in [3.8, 4) is 0 Å². The van der Waals surface area contributed by atoms with Crippen molar-refractivity contribution >= 4 is 40.3 Å². The lowest BCUT2D eigenvalue weighted by Gasteiger charge is -2.39. The van der Waals surface area contributed by atoms with E-state index in [0.29, 0.717) is 5.92 Å². The van der Waals surface area contributed by atoms with Crippen LogP contribution in [0.25, 0.3) is 17.0 Å². The molecule has 1 saturated carbocycles. The molecule has 2 aliphatic rings. The number of para-hydroxylation sites is 2. The first-order chi connectivity index (χ1) is 15.5. The van der Waals surface area contributed by atoms with E-state index in [0.717, 1.165) is 22.6 Å². The second-order valence-electron chi connectivity index (χ2n) is 9.11. The first-order valence-corrected chi connectivity index (χ1v) is 12.5. The first-order valence-electron chi connectivity index (χ1n) is 11.6. The summed E-state index contributed by atoms with van der Waals surface area (Å²) in [5.41, 5.74) is 4.50. The number of carbonyl (C=O) groups excluding carboxylic acids is 1. The molecule has 3 aromatic rings. The topological polar surface area (TPSA) is 37.3 Å². The molecule has 4 nitrogen and oxygen atoms in total. The third-order valence-electron chi connectivity index (χ3n) is 7.15. The molecule has 0 spiro atoms. The van der Waals surface area contributed by atoms with Gasteiger partial charge in [0.15, 0.2) is 5.50 Å². The third-order valence-corrected chi connectivity index (χ3v) is 8.26. The molecular weight excluding hydrogens is 414 g/mol. The number of benzene rings is 2. The second-order valence-corrected chi connectivity index (χ2v) is 10.2. The number of hydrogen-bond donors (Lipinski definition) is 1. The zero-order valence-corrected chi connectivity index (χ0v) is 19.9. The highest BCUT2D eigenvalue weighted by Crippen LogP contribution is 2.43. The van der Waals surface area contributed by atoms with Crippen LogP contribution in [-0.4, -0.2) is 26.9 Å². The van der Waals surface area contributed by atoms with Crippen molar-refractivity contribution in [3.05, 3.63) is 70.8 Å². The number of nitrogens with one attached hydrogen (secondary N) is 1. The standard InChI is InChI=1S/C27H31N3OS/c1-18-11-7-9-15-23(18)30-26(31)25(32-27(30)28-20-12-5-4-6-13-20)17-22-19(2)29(3)24-16-10-8-14-21(22)24/h4-6,8,10,12-14,16-18,23,27-28H,7,9,11,15H2,1-3H3/b25-17-/t18-,23-,27?/m0/s1. The Morgan fingerprint density at radius 1 is 1.03 bits per heavy atom. The minimum absolute atomic E-state index is 0.0861. The molecule has 1 aliphatic carbocycles. The minimum Gasteiger partial charge on any atom is -0.356 e. The Morgan fingerprint density at radius 2 is 1.75 bits per heavy atom. The van der Waals surface area contributed by atoms with Crippen LogP contribution in [0.15, 0.2) is 59.5 Å². The van der Waals surface area contributed by atoms with Crippen LogP contribution in [0, 0.1) is 12.8 Å². The van der Waals surface area contributed by atoms with Crippen LogP contribution < -0.4 is 5.32 Å². The normalized spacial score (nSPS) is 25.1. The zero-order valence-electron chi connectivity index (χ0n) is 19.0. The summed E-state index contributed by atoms with van der Waals surface area (Å²) in [7, 11) is 2.10. The number of rotatable bonds is 4. The number of aryl methyl sites for hydroxylation is 1. The summed E-state index contributed by atoms with van der Waals surface area (Å²) in [6, 6.07) is 19.0. The smallest absolute Gasteiger partial charge is 0.262 e. The average molecular weight is 446 g/mol. The van der Waals surface area contributed by atoms with Gasteiger partial charge in [0.1, 0.15) is 0 Å². The highest BCUT2D eigenvalue weighted by Gasteiger charge is 2.43. The van der Waals surface area contributed by atoms with Gasteiger partial charge in [0.2, 0.25) is 0 Å². The van der Waals surface area contributed by atoms with E-state index in [9.17, 15) is 4.79 Å². The third kappa shape index (κ3) is 3.73. The van der Waals surface area contributed by atoms with Crippen molar-refractivity contribution in [1.82, 2.24) is 9.47 Å². The summed E-state index contributed by atoms with van der Waals surface area (Å²) in [5, 5.41) is 4.83. The molecule has 2 aromatic carbocycles. The van der Waals surface area contributed by atoms with E-state index in [1.807, 2.05) is 18.2 Å². The van der Waals surface area contributed by atoms with Gasteiger partial charge in [-0.25, -0.2) is 0 Å². The SMILES string of the molecule is Cc1c(/C=C2\SC(Nc3ccccc3)N([C@H]3CCCC[C@@H]3C)C2=O)c2ccccc2n1C. The number of nitrogens with zero attached hydrogens (tertiary/aromatic N) is 2. The van der Waals surface area contributed by atoms with Crippen molar-refractivity contribution in [2.75, 3.05) is 5.32 Å². The van der Waals surface area contributed by atoms with E-state index in [2.05, 4.69) is 78.2 Å². The summed E-state index contributed by atoms with van der Waals surface area (Å²) >= 11 is 1.66. The van der Waals surface area contributed by atoms with Crippen LogP contribution in [0.2, 0.25) is 0 Å². The maximum atomic E-state index is 13.8. The van der Waals surface area contributed by atoms with Gasteiger partial charge in [0, 0.05) is 40.9 Å². The molecule has 32 heavy (non-hydrogen) atoms. The molecule has 1 aliphatic heterocycles. The van der Waals surface area contributed by atoms with E-state index >= 15 is 0 Å². The van der Waals surface area contributed by atoms with Gasteiger partial charge in [-0.2, -0.15) is 0 Å². The van der Waals surface area contributed by atoms with Crippen LogP contribution in [0.3, 0.4) is 0 Å². The maximum absolute atomic E-state index is 13.8. The summed E-state index contributed by atoms with van der Waals surface area (Å²) in [4.78, 5) is 16.8. The van der Waals surface area contributed by atoms with Gasteiger partial charge < -0.3 is 14.8 Å². The molecule has 3 atom stereocenters. The molecule has 1 N–H and O–H groups in total. The van der Waals surface area contributed by atoms with Gasteiger partial charge >= 0.3 is 0 Å². The van der Waals surface area contributed by atoms with Crippen LogP contribution in [0.1, 0.15) is 43.9 Å². The molecule has 1 saturated heterocycles. The van der Waals surface area contributed by atoms with Gasteiger partial charge in [-0.3, -0.25) is 4.79 Å². The van der Waals surface area contributed by atoms with Crippen molar-refractivity contribution in [1.29, 1.82) is 0 Å². The van der Waals surface area contributed by atoms with Gasteiger partial charge in [0.25, 0.3) is 5.91 Å². The minimum atomic E-state index is -0.0861. The van der Waals surface area contributed by atoms with Crippen LogP contribution in [0.4, 0.5) is 5.69 Å². The molecule has 2 heterocycles. The fraction of sp³-hybridized carbons (Fsp3) is 0.370. The molecule has 1 unspecified atom stereocenters. The van der Waals surface area contributed by atoms with Crippen LogP contribution in [0.5, 0.6) is 0 Å². The largest absolute Gasteiger partial charge is 0.356 e. The quantitative estimate of drug-likeness (QED) is 0.474. The highest BCUT2D eigenvalue weighted by atomic mass is 32.2. The molecule has 1 amide bonds. The lowest BCUT2D eigenvalue weighted by atomic mass is 9.85. The predicted octanol–water partition coefficient (Wildman–Crippen LogP) is 6.38. The number of fused-ring (bicyclic) bond motifs is 1. The van der Waals surface area contributed by atoms with Gasteiger partial charge in [0.05, 0.1) is 4.91 Å². The number of carbonyl (C=O) groups is 1. The fourth-order valence-corrected chi connectivity index (χ4v) is 6.42. The number of anilines is 1. The Hall–Kier alpha value is -2.66. The number of thioether (sulfide) groups is 1. The summed E-state index contributed by atoms with van der Waals surface area (Å²) < 4.78 is 2.21. The molecule has 2 fully saturated rings. The number of hydrogen-bond acceptors (Lipinski definition) is 3. The zero-order chi connectivity index (χ0) is 22.2. The summed E-state index contributed by atoms with van der Waals surface area (Å²) in [6.07, 6.45) is 6.86. The van der Waals surface area contributed by atoms with Crippen molar-refractivity contribution in [3.63, 3.8) is 0 Å². The van der Waals surface area contributed by atoms with Crippen molar-refractivity contribution in [2.24, 2.45) is 13.0 Å². The second kappa shape index (κ2) is 8.70. The van der Waals surface area contributed by atoms with Crippen molar-refractivity contribution in [2.45, 2.75) is 51.1 Å². The Morgan fingerprint density at radius 3 is 2.53 bits per heavy atom. The average Bonchev–Trinajstić information content (AvgIpc) is 3.24. The fourth-order valence-electron chi connectivity index (χ4n) is 5.23. The summed E-state index contributed by atoms with van der Waals surface area (Å²) in [6.45, 7) is 4.44. The van der Waals surface area contributed by atoms with Crippen LogP contribution in [-0.2, 0) is 11.8 Å². The molecule has 1 aromatic heterocycles. The Kier molecular flexibility index (Phi) is 5.76. The maximum Gasteiger partial charge on any atom is 0.262 e. The lowest BCUT2D eigenvalue weighted by molar-refractivity contribution is -0.129. The monoisotopic (exact) mass is 445 g/mol. The van der Waals surface area contributed by atoms with Gasteiger partial charge in [-0.05, 0) is 50.0 Å². The molecule has 5 heteroatoms. The van der Waals surface area contributed by atoms with Crippen LogP contribution >= 0.6 is 11.8 Å². The van der Waals surface area contributed by atoms with E-state index < -0.39 is 0 Å². The van der Waals surface area contributed by atoms with Crippen molar-refractivity contribution < 1.29 is 4.79 Å². The number of amides is 1. The molecule has 0 bridgehead atoms. The summed E-state index contributed by atoms with van der Waals surface area (Å²) in [5.74, 6) is 0.682. The Labute approximate surface area is 194 Å². The van der Waals surface area contributed by atoms with E-state index in [-0.39, 0.29) is 17.4 Å². The Bertz CT molecular complexity index is 1170. The van der Waals surface area contributed by atoms with Gasteiger partial charge in [-0.1, -0.05) is 67.9 Å². The van der Waals surface area contributed by atoms with E-state index in [1.165, 1.54) is 35.9 Å². The Balaban J connectivity index is 1.54. The molecular formula is C27H31N3OS. The van der Waals surface area contributed by atoms with E-state index in [4.69, 9.17) is 0 Å². The molecule has 0 radical (unpaired) electrons. The predicted molar refractivity (Wildman–Crippen MR) is 135 cm³/mol. The lowest BCUT2D eigenvalue weighted by Crippen LogP contribution is -2.48. The molecule has 5 rings (SSSR count). The van der Waals surface area contributed by atoms with E-state index in [1.54, 1.807) is 11.8 Å². The highest BCUT2D eigenvalue weighted by molar-refractivity contribution is 8.05.